The van der Waals surface area contributed by atoms with E-state index in [0.29, 0.717) is 37.7 Å². The molecule has 1 saturated heterocycles. The van der Waals surface area contributed by atoms with Gasteiger partial charge in [-0.05, 0) is 61.6 Å². The predicted molar refractivity (Wildman–Crippen MR) is 139 cm³/mol. The molecule has 1 N–H and O–H groups in total. The van der Waals surface area contributed by atoms with Gasteiger partial charge in [0.15, 0.2) is 0 Å². The van der Waals surface area contributed by atoms with Crippen LogP contribution in [0.4, 0.5) is 0 Å². The molecule has 2 aromatic rings. The largest absolute Gasteiger partial charge is 0.383 e. The van der Waals surface area contributed by atoms with Crippen molar-refractivity contribution in [2.75, 3.05) is 33.4 Å². The first-order chi connectivity index (χ1) is 17.2. The highest BCUT2D eigenvalue weighted by atomic mass is 35.5. The van der Waals surface area contributed by atoms with Gasteiger partial charge in [-0.3, -0.25) is 9.59 Å². The van der Waals surface area contributed by atoms with Crippen LogP contribution in [0.5, 0.6) is 0 Å². The second-order valence-corrected chi connectivity index (χ2v) is 11.2. The summed E-state index contributed by atoms with van der Waals surface area (Å²) in [6.45, 7) is 3.82. The Morgan fingerprint density at radius 1 is 1.06 bits per heavy atom. The summed E-state index contributed by atoms with van der Waals surface area (Å²) in [4.78, 5) is 27.8. The third-order valence-electron chi connectivity index (χ3n) is 6.29. The second kappa shape index (κ2) is 13.2. The van der Waals surface area contributed by atoms with Crippen LogP contribution < -0.4 is 5.32 Å². The lowest BCUT2D eigenvalue weighted by Crippen LogP contribution is -2.48. The molecule has 196 valence electrons. The molecular weight excluding hydrogens is 502 g/mol. The molecule has 0 unspecified atom stereocenters. The van der Waals surface area contributed by atoms with Crippen molar-refractivity contribution < 1.29 is 22.7 Å². The number of sulfonamides is 1. The number of amides is 2. The van der Waals surface area contributed by atoms with Gasteiger partial charge in [-0.15, -0.1) is 0 Å². The predicted octanol–water partition coefficient (Wildman–Crippen LogP) is 3.24. The maximum absolute atomic E-state index is 13.3. The minimum atomic E-state index is -3.47. The van der Waals surface area contributed by atoms with Crippen molar-refractivity contribution >= 4 is 33.4 Å². The highest BCUT2D eigenvalue weighted by molar-refractivity contribution is 7.89. The van der Waals surface area contributed by atoms with Crippen molar-refractivity contribution in [1.82, 2.24) is 14.5 Å². The monoisotopic (exact) mass is 535 g/mol. The maximum Gasteiger partial charge on any atom is 0.243 e. The molecule has 3 rings (SSSR count). The van der Waals surface area contributed by atoms with Gasteiger partial charge in [-0.25, -0.2) is 8.42 Å². The Balaban J connectivity index is 1.67. The lowest BCUT2D eigenvalue weighted by Gasteiger charge is -2.29. The number of hydrogen-bond donors (Lipinski definition) is 1. The van der Waals surface area contributed by atoms with E-state index in [0.717, 1.165) is 24.0 Å². The molecular formula is C26H34ClN3O5S. The Morgan fingerprint density at radius 2 is 1.67 bits per heavy atom. The van der Waals surface area contributed by atoms with E-state index in [1.165, 1.54) is 4.31 Å². The number of nitrogens with one attached hydrogen (secondary N) is 1. The lowest BCUT2D eigenvalue weighted by molar-refractivity contribution is -0.140. The van der Waals surface area contributed by atoms with E-state index in [1.807, 2.05) is 12.1 Å². The number of carbonyl (C=O) groups is 2. The van der Waals surface area contributed by atoms with E-state index < -0.39 is 16.1 Å². The van der Waals surface area contributed by atoms with Gasteiger partial charge < -0.3 is 15.0 Å². The zero-order valence-electron chi connectivity index (χ0n) is 20.8. The number of ether oxygens (including phenoxy) is 1. The number of rotatable bonds is 12. The third kappa shape index (κ3) is 7.52. The summed E-state index contributed by atoms with van der Waals surface area (Å²) in [5, 5.41) is 3.39. The van der Waals surface area contributed by atoms with Gasteiger partial charge in [0.1, 0.15) is 6.04 Å². The molecule has 1 atom stereocenters. The fourth-order valence-corrected chi connectivity index (χ4v) is 5.74. The van der Waals surface area contributed by atoms with Crippen LogP contribution in [-0.2, 0) is 37.3 Å². The van der Waals surface area contributed by atoms with E-state index >= 15 is 0 Å². The van der Waals surface area contributed by atoms with Crippen molar-refractivity contribution in [3.63, 3.8) is 0 Å². The number of hydrogen-bond acceptors (Lipinski definition) is 5. The van der Waals surface area contributed by atoms with Gasteiger partial charge in [0.2, 0.25) is 21.8 Å². The van der Waals surface area contributed by atoms with Crippen LogP contribution in [0.25, 0.3) is 0 Å². The zero-order valence-corrected chi connectivity index (χ0v) is 22.4. The van der Waals surface area contributed by atoms with Gasteiger partial charge >= 0.3 is 0 Å². The van der Waals surface area contributed by atoms with Crippen molar-refractivity contribution in [2.24, 2.45) is 0 Å². The van der Waals surface area contributed by atoms with Crippen LogP contribution in [-0.4, -0.2) is 68.8 Å². The fourth-order valence-electron chi connectivity index (χ4n) is 4.09. The first kappa shape index (κ1) is 28.1. The van der Waals surface area contributed by atoms with Crippen molar-refractivity contribution in [3.05, 3.63) is 64.7 Å². The molecule has 0 saturated carbocycles. The van der Waals surface area contributed by atoms with E-state index in [1.54, 1.807) is 55.3 Å². The summed E-state index contributed by atoms with van der Waals surface area (Å²) in [5.41, 5.74) is 1.72. The number of benzene rings is 2. The van der Waals surface area contributed by atoms with E-state index in [4.69, 9.17) is 16.3 Å². The van der Waals surface area contributed by atoms with E-state index in [9.17, 15) is 18.0 Å². The number of carbonyl (C=O) groups excluding carboxylic acids is 2. The zero-order chi connectivity index (χ0) is 26.1. The molecule has 0 bridgehead atoms. The van der Waals surface area contributed by atoms with E-state index in [2.05, 4.69) is 5.32 Å². The molecule has 8 nitrogen and oxygen atoms in total. The maximum atomic E-state index is 13.3. The Bertz CT molecular complexity index is 1120. The molecule has 10 heteroatoms. The highest BCUT2D eigenvalue weighted by Crippen LogP contribution is 2.22. The summed E-state index contributed by atoms with van der Waals surface area (Å²) >= 11 is 5.99. The van der Waals surface area contributed by atoms with Gasteiger partial charge in [0.05, 0.1) is 11.5 Å². The van der Waals surface area contributed by atoms with Crippen molar-refractivity contribution in [2.45, 2.75) is 50.1 Å². The summed E-state index contributed by atoms with van der Waals surface area (Å²) in [6.07, 6.45) is 2.38. The average Bonchev–Trinajstić information content (AvgIpc) is 3.43. The quantitative estimate of drug-likeness (QED) is 0.421. The van der Waals surface area contributed by atoms with Gasteiger partial charge in [0, 0.05) is 44.7 Å². The Labute approximate surface area is 218 Å². The third-order valence-corrected chi connectivity index (χ3v) is 8.46. The second-order valence-electron chi connectivity index (χ2n) is 8.86. The van der Waals surface area contributed by atoms with Gasteiger partial charge in [-0.2, -0.15) is 4.31 Å². The normalized spacial score (nSPS) is 15.0. The van der Waals surface area contributed by atoms with Crippen LogP contribution in [0, 0.1) is 0 Å². The summed E-state index contributed by atoms with van der Waals surface area (Å²) in [6, 6.07) is 13.2. The first-order valence-corrected chi connectivity index (χ1v) is 13.9. The van der Waals surface area contributed by atoms with Crippen molar-refractivity contribution in [3.8, 4) is 0 Å². The smallest absolute Gasteiger partial charge is 0.243 e. The Hall–Kier alpha value is -2.46. The minimum absolute atomic E-state index is 0.173. The summed E-state index contributed by atoms with van der Waals surface area (Å²) in [5.74, 6) is -0.432. The number of nitrogens with zero attached hydrogens (tertiary/aromatic N) is 2. The van der Waals surface area contributed by atoms with Crippen LogP contribution in [0.3, 0.4) is 0 Å². The minimum Gasteiger partial charge on any atom is -0.383 e. The topological polar surface area (TPSA) is 96.0 Å². The standard InChI is InChI=1S/C26H34ClN3O5S/c1-20(26(32)28-15-18-35-2)30(19-22-5-10-23(27)11-6-22)25(31)14-9-21-7-12-24(13-8-21)36(33,34)29-16-3-4-17-29/h5-8,10-13,20H,3-4,9,14-19H2,1-2H3,(H,28,32)/t20-/m1/s1. The molecule has 1 fully saturated rings. The number of halogens is 1. The molecule has 36 heavy (non-hydrogen) atoms. The molecule has 1 aliphatic rings. The van der Waals surface area contributed by atoms with Gasteiger partial charge in [-0.1, -0.05) is 35.9 Å². The molecule has 2 amide bonds. The molecule has 0 radical (unpaired) electrons. The fraction of sp³-hybridized carbons (Fsp3) is 0.462. The Morgan fingerprint density at radius 3 is 2.28 bits per heavy atom. The Kier molecular flexibility index (Phi) is 10.3. The molecule has 2 aromatic carbocycles. The van der Waals surface area contributed by atoms with Crippen LogP contribution in [0.2, 0.25) is 5.02 Å². The molecule has 0 aromatic heterocycles. The summed E-state index contributed by atoms with van der Waals surface area (Å²) in [7, 11) is -1.92. The summed E-state index contributed by atoms with van der Waals surface area (Å²) < 4.78 is 32.0. The number of aryl methyl sites for hydroxylation is 1. The molecule has 1 aliphatic heterocycles. The average molecular weight is 536 g/mol. The van der Waals surface area contributed by atoms with Crippen LogP contribution >= 0.6 is 11.6 Å². The number of methoxy groups -OCH3 is 1. The van der Waals surface area contributed by atoms with Crippen molar-refractivity contribution in [1.29, 1.82) is 0 Å². The van der Waals surface area contributed by atoms with Crippen LogP contribution in [0.15, 0.2) is 53.4 Å². The SMILES string of the molecule is COCCNC(=O)[C@@H](C)N(Cc1ccc(Cl)cc1)C(=O)CCc1ccc(S(=O)(=O)N2CCCC2)cc1. The van der Waals surface area contributed by atoms with E-state index in [-0.39, 0.29) is 29.7 Å². The molecule has 1 heterocycles. The molecule has 0 aliphatic carbocycles. The van der Waals surface area contributed by atoms with Gasteiger partial charge in [0.25, 0.3) is 0 Å². The lowest BCUT2D eigenvalue weighted by atomic mass is 10.1. The molecule has 0 spiro atoms. The van der Waals surface area contributed by atoms with Crippen LogP contribution in [0.1, 0.15) is 37.3 Å². The first-order valence-electron chi connectivity index (χ1n) is 12.1. The highest BCUT2D eigenvalue weighted by Gasteiger charge is 2.28.